The minimum atomic E-state index is 0.00919. The predicted molar refractivity (Wildman–Crippen MR) is 105 cm³/mol. The van der Waals surface area contributed by atoms with E-state index in [1.165, 1.54) is 5.69 Å². The molecule has 1 N–H and O–H groups in total. The summed E-state index contributed by atoms with van der Waals surface area (Å²) in [4.78, 5) is 16.9. The number of carbonyl (C=O) groups is 1. The van der Waals surface area contributed by atoms with Gasteiger partial charge in [0.25, 0.3) is 5.91 Å². The second-order valence-corrected chi connectivity index (χ2v) is 6.50. The summed E-state index contributed by atoms with van der Waals surface area (Å²) in [6.07, 6.45) is 0.973. The van der Waals surface area contributed by atoms with Crippen LogP contribution in [0.3, 0.4) is 0 Å². The van der Waals surface area contributed by atoms with Crippen LogP contribution in [0.25, 0.3) is 0 Å². The minimum absolute atomic E-state index is 0.00919. The molecule has 2 aromatic rings. The van der Waals surface area contributed by atoms with E-state index in [1.807, 2.05) is 42.5 Å². The second kappa shape index (κ2) is 9.25. The Morgan fingerprint density at radius 3 is 2.35 bits per heavy atom. The number of carbonyl (C=O) groups excluding carboxylic acids is 1. The van der Waals surface area contributed by atoms with Gasteiger partial charge in [0.2, 0.25) is 0 Å². The summed E-state index contributed by atoms with van der Waals surface area (Å²) in [7, 11) is 1.69. The molecule has 1 fully saturated rings. The fraction of sp³-hybridized carbons (Fsp3) is 0.381. The van der Waals surface area contributed by atoms with Gasteiger partial charge >= 0.3 is 0 Å². The molecule has 0 radical (unpaired) electrons. The van der Waals surface area contributed by atoms with Gasteiger partial charge in [-0.15, -0.1) is 0 Å². The van der Waals surface area contributed by atoms with Gasteiger partial charge < -0.3 is 15.0 Å². The first-order valence-corrected chi connectivity index (χ1v) is 9.21. The van der Waals surface area contributed by atoms with Crippen LogP contribution in [0.15, 0.2) is 54.6 Å². The van der Waals surface area contributed by atoms with Gasteiger partial charge in [-0.1, -0.05) is 18.2 Å². The molecule has 0 atom stereocenters. The third-order valence-corrected chi connectivity index (χ3v) is 4.78. The summed E-state index contributed by atoms with van der Waals surface area (Å²) >= 11 is 0. The second-order valence-electron chi connectivity index (χ2n) is 6.50. The molecule has 0 bridgehead atoms. The van der Waals surface area contributed by atoms with E-state index in [1.54, 1.807) is 7.11 Å². The smallest absolute Gasteiger partial charge is 0.251 e. The number of ether oxygens (including phenoxy) is 1. The molecular formula is C21H27N3O2. The number of hydrogen-bond acceptors (Lipinski definition) is 4. The van der Waals surface area contributed by atoms with Crippen molar-refractivity contribution in [1.29, 1.82) is 0 Å². The number of benzene rings is 2. The molecule has 1 aliphatic heterocycles. The first-order valence-electron chi connectivity index (χ1n) is 9.21. The average Bonchev–Trinajstić information content (AvgIpc) is 2.72. The molecule has 0 aliphatic carbocycles. The lowest BCUT2D eigenvalue weighted by atomic mass is 10.2. The molecule has 138 valence electrons. The summed E-state index contributed by atoms with van der Waals surface area (Å²) in [5.41, 5.74) is 1.97. The maximum Gasteiger partial charge on any atom is 0.251 e. The zero-order valence-corrected chi connectivity index (χ0v) is 15.4. The Bertz CT molecular complexity index is 680. The number of nitrogens with one attached hydrogen (secondary N) is 1. The summed E-state index contributed by atoms with van der Waals surface area (Å²) in [5.74, 6) is 0.903. The lowest BCUT2D eigenvalue weighted by Gasteiger charge is -2.36. The van der Waals surface area contributed by atoms with Gasteiger partial charge in [0.05, 0.1) is 7.11 Å². The first-order chi connectivity index (χ1) is 12.8. The SMILES string of the molecule is COc1ccc(N2CCN(CCCNC(=O)c3ccccc3)CC2)cc1. The molecule has 5 heteroatoms. The van der Waals surface area contributed by atoms with Crippen molar-refractivity contribution in [3.63, 3.8) is 0 Å². The van der Waals surface area contributed by atoms with Crippen LogP contribution in [0.1, 0.15) is 16.8 Å². The van der Waals surface area contributed by atoms with E-state index in [0.717, 1.165) is 50.5 Å². The summed E-state index contributed by atoms with van der Waals surface area (Å²) in [6, 6.07) is 17.6. The maximum atomic E-state index is 12.0. The van der Waals surface area contributed by atoms with Gasteiger partial charge in [0.1, 0.15) is 5.75 Å². The minimum Gasteiger partial charge on any atom is -0.497 e. The molecule has 2 aromatic carbocycles. The van der Waals surface area contributed by atoms with Crippen LogP contribution in [0.2, 0.25) is 0 Å². The molecule has 3 rings (SSSR count). The number of anilines is 1. The third kappa shape index (κ3) is 4.99. The fourth-order valence-electron chi connectivity index (χ4n) is 3.22. The van der Waals surface area contributed by atoms with Crippen molar-refractivity contribution in [2.75, 3.05) is 51.3 Å². The monoisotopic (exact) mass is 353 g/mol. The Morgan fingerprint density at radius 1 is 1.00 bits per heavy atom. The normalized spacial score (nSPS) is 14.9. The number of rotatable bonds is 7. The van der Waals surface area contributed by atoms with Crippen LogP contribution >= 0.6 is 0 Å². The molecule has 1 heterocycles. The molecule has 5 nitrogen and oxygen atoms in total. The fourth-order valence-corrected chi connectivity index (χ4v) is 3.22. The van der Waals surface area contributed by atoms with Crippen molar-refractivity contribution in [2.24, 2.45) is 0 Å². The van der Waals surface area contributed by atoms with Gasteiger partial charge in [-0.2, -0.15) is 0 Å². The van der Waals surface area contributed by atoms with Gasteiger partial charge in [-0.25, -0.2) is 0 Å². The first kappa shape index (κ1) is 18.3. The lowest BCUT2D eigenvalue weighted by molar-refractivity contribution is 0.0951. The topological polar surface area (TPSA) is 44.8 Å². The number of hydrogen-bond donors (Lipinski definition) is 1. The number of piperazine rings is 1. The largest absolute Gasteiger partial charge is 0.497 e. The van der Waals surface area contributed by atoms with E-state index >= 15 is 0 Å². The average molecular weight is 353 g/mol. The van der Waals surface area contributed by atoms with Crippen molar-refractivity contribution in [1.82, 2.24) is 10.2 Å². The summed E-state index contributed by atoms with van der Waals surface area (Å²) < 4.78 is 5.22. The van der Waals surface area contributed by atoms with Crippen LogP contribution < -0.4 is 15.0 Å². The Balaban J connectivity index is 1.34. The highest BCUT2D eigenvalue weighted by atomic mass is 16.5. The van der Waals surface area contributed by atoms with Gasteiger partial charge in [-0.3, -0.25) is 9.69 Å². The van der Waals surface area contributed by atoms with Crippen molar-refractivity contribution >= 4 is 11.6 Å². The van der Waals surface area contributed by atoms with Crippen molar-refractivity contribution in [2.45, 2.75) is 6.42 Å². The van der Waals surface area contributed by atoms with Gasteiger partial charge in [0, 0.05) is 44.0 Å². The predicted octanol–water partition coefficient (Wildman–Crippen LogP) is 2.64. The number of methoxy groups -OCH3 is 1. The van der Waals surface area contributed by atoms with Crippen LogP contribution in [0, 0.1) is 0 Å². The molecule has 1 saturated heterocycles. The zero-order valence-electron chi connectivity index (χ0n) is 15.4. The molecular weight excluding hydrogens is 326 g/mol. The van der Waals surface area contributed by atoms with Crippen molar-refractivity contribution < 1.29 is 9.53 Å². The van der Waals surface area contributed by atoms with Gasteiger partial charge in [0.15, 0.2) is 0 Å². The summed E-state index contributed by atoms with van der Waals surface area (Å²) in [5, 5.41) is 3.00. The van der Waals surface area contributed by atoms with Gasteiger partial charge in [-0.05, 0) is 49.4 Å². The van der Waals surface area contributed by atoms with Crippen LogP contribution in [0.5, 0.6) is 5.75 Å². The standard InChI is InChI=1S/C21H27N3O2/c1-26-20-10-8-19(9-11-20)24-16-14-23(15-17-24)13-5-12-22-21(25)18-6-3-2-4-7-18/h2-4,6-11H,5,12-17H2,1H3,(H,22,25). The molecule has 0 saturated carbocycles. The van der Waals surface area contributed by atoms with E-state index in [2.05, 4.69) is 27.2 Å². The molecule has 0 unspecified atom stereocenters. The molecule has 1 amide bonds. The van der Waals surface area contributed by atoms with Crippen LogP contribution in [-0.2, 0) is 0 Å². The molecule has 0 aromatic heterocycles. The quantitative estimate of drug-likeness (QED) is 0.778. The lowest BCUT2D eigenvalue weighted by Crippen LogP contribution is -2.47. The Hall–Kier alpha value is -2.53. The third-order valence-electron chi connectivity index (χ3n) is 4.78. The summed E-state index contributed by atoms with van der Waals surface area (Å²) in [6.45, 7) is 5.90. The Labute approximate surface area is 155 Å². The van der Waals surface area contributed by atoms with E-state index < -0.39 is 0 Å². The molecule has 0 spiro atoms. The van der Waals surface area contributed by atoms with Crippen LogP contribution in [0.4, 0.5) is 5.69 Å². The van der Waals surface area contributed by atoms with Crippen LogP contribution in [-0.4, -0.2) is 57.2 Å². The van der Waals surface area contributed by atoms with E-state index in [-0.39, 0.29) is 5.91 Å². The molecule has 1 aliphatic rings. The highest BCUT2D eigenvalue weighted by Crippen LogP contribution is 2.20. The Kier molecular flexibility index (Phi) is 6.50. The van der Waals surface area contributed by atoms with E-state index in [9.17, 15) is 4.79 Å². The Morgan fingerprint density at radius 2 is 1.69 bits per heavy atom. The van der Waals surface area contributed by atoms with Crippen molar-refractivity contribution in [3.8, 4) is 5.75 Å². The van der Waals surface area contributed by atoms with E-state index in [4.69, 9.17) is 4.74 Å². The highest BCUT2D eigenvalue weighted by Gasteiger charge is 2.16. The zero-order chi connectivity index (χ0) is 18.2. The highest BCUT2D eigenvalue weighted by molar-refractivity contribution is 5.94. The maximum absolute atomic E-state index is 12.0. The van der Waals surface area contributed by atoms with E-state index in [0.29, 0.717) is 6.54 Å². The number of amides is 1. The van der Waals surface area contributed by atoms with Crippen molar-refractivity contribution in [3.05, 3.63) is 60.2 Å². The number of nitrogens with zero attached hydrogens (tertiary/aromatic N) is 2. The molecule has 26 heavy (non-hydrogen) atoms.